The van der Waals surface area contributed by atoms with Crippen molar-refractivity contribution in [1.82, 2.24) is 18.4 Å². The maximum absolute atomic E-state index is 13.1. The number of hydrogen-bond acceptors (Lipinski definition) is 5. The van der Waals surface area contributed by atoms with E-state index >= 15 is 0 Å². The van der Waals surface area contributed by atoms with Crippen molar-refractivity contribution in [2.75, 3.05) is 59.0 Å². The molecule has 1 atom stereocenters. The van der Waals surface area contributed by atoms with Gasteiger partial charge in [-0.3, -0.25) is 9.59 Å². The number of carbonyl (C=O) groups is 2. The Hall–Kier alpha value is -2.01. The van der Waals surface area contributed by atoms with Crippen LogP contribution in [-0.4, -0.2) is 97.7 Å². The van der Waals surface area contributed by atoms with E-state index in [1.807, 2.05) is 18.2 Å². The average Bonchev–Trinajstić information content (AvgIpc) is 2.79. The highest BCUT2D eigenvalue weighted by molar-refractivity contribution is 7.86. The molecule has 1 aromatic carbocycles. The average molecular weight is 451 g/mol. The molecule has 0 bridgehead atoms. The van der Waals surface area contributed by atoms with Gasteiger partial charge in [0.2, 0.25) is 11.8 Å². The van der Waals surface area contributed by atoms with Gasteiger partial charge in [-0.15, -0.1) is 0 Å². The Morgan fingerprint density at radius 1 is 0.968 bits per heavy atom. The van der Waals surface area contributed by atoms with E-state index in [0.29, 0.717) is 45.9 Å². The van der Waals surface area contributed by atoms with Gasteiger partial charge in [-0.25, -0.2) is 0 Å². The molecule has 2 fully saturated rings. The molecule has 9 nitrogen and oxygen atoms in total. The number of hydrogen-bond donors (Lipinski definition) is 0. The molecule has 0 aliphatic carbocycles. The Morgan fingerprint density at radius 2 is 1.61 bits per heavy atom. The van der Waals surface area contributed by atoms with Crippen LogP contribution in [0.4, 0.5) is 0 Å². The molecule has 4 rings (SSSR count). The van der Waals surface area contributed by atoms with E-state index in [-0.39, 0.29) is 37.4 Å². The SMILES string of the molecule is CC(=O)N1CCc2ccccc2C1CC(=O)N1CCN(S(=O)(=O)N2CCOCC2)CC1. The third-order valence-corrected chi connectivity index (χ3v) is 8.43. The summed E-state index contributed by atoms with van der Waals surface area (Å²) in [7, 11) is -3.53. The summed E-state index contributed by atoms with van der Waals surface area (Å²) in [5, 5.41) is 0. The normalized spacial score (nSPS) is 23.5. The van der Waals surface area contributed by atoms with Crippen LogP contribution in [0.25, 0.3) is 0 Å². The lowest BCUT2D eigenvalue weighted by atomic mass is 9.90. The van der Waals surface area contributed by atoms with Crippen molar-refractivity contribution >= 4 is 22.0 Å². The van der Waals surface area contributed by atoms with Crippen molar-refractivity contribution < 1.29 is 22.7 Å². The van der Waals surface area contributed by atoms with Crippen LogP contribution < -0.4 is 0 Å². The van der Waals surface area contributed by atoms with Gasteiger partial charge >= 0.3 is 0 Å². The molecule has 3 aliphatic rings. The van der Waals surface area contributed by atoms with Crippen molar-refractivity contribution in [1.29, 1.82) is 0 Å². The van der Waals surface area contributed by atoms with Crippen molar-refractivity contribution in [3.63, 3.8) is 0 Å². The number of morpholine rings is 1. The predicted octanol–water partition coefficient (Wildman–Crippen LogP) is 0.244. The van der Waals surface area contributed by atoms with Crippen molar-refractivity contribution in [3.8, 4) is 0 Å². The molecule has 2 amide bonds. The number of fused-ring (bicyclic) bond motifs is 1. The third-order valence-electron chi connectivity index (χ3n) is 6.40. The first-order chi connectivity index (χ1) is 14.9. The van der Waals surface area contributed by atoms with Gasteiger partial charge < -0.3 is 14.5 Å². The van der Waals surface area contributed by atoms with Gasteiger partial charge in [-0.05, 0) is 17.5 Å². The molecule has 170 valence electrons. The van der Waals surface area contributed by atoms with Gasteiger partial charge in [0.25, 0.3) is 10.2 Å². The zero-order chi connectivity index (χ0) is 22.0. The van der Waals surface area contributed by atoms with E-state index in [2.05, 4.69) is 6.07 Å². The summed E-state index contributed by atoms with van der Waals surface area (Å²) in [6.45, 7) is 4.98. The Labute approximate surface area is 183 Å². The summed E-state index contributed by atoms with van der Waals surface area (Å²) in [5.41, 5.74) is 2.21. The number of amides is 2. The van der Waals surface area contributed by atoms with Gasteiger partial charge in [0, 0.05) is 52.7 Å². The summed E-state index contributed by atoms with van der Waals surface area (Å²) in [6, 6.07) is 7.70. The zero-order valence-electron chi connectivity index (χ0n) is 17.9. The number of piperazine rings is 1. The molecular formula is C21H30N4O5S. The Kier molecular flexibility index (Phi) is 6.61. The minimum absolute atomic E-state index is 0.0336. The lowest BCUT2D eigenvalue weighted by Crippen LogP contribution is -2.56. The van der Waals surface area contributed by atoms with Crippen LogP contribution in [-0.2, 0) is 31.0 Å². The maximum Gasteiger partial charge on any atom is 0.282 e. The maximum atomic E-state index is 13.1. The second kappa shape index (κ2) is 9.23. The van der Waals surface area contributed by atoms with E-state index in [1.165, 1.54) is 14.2 Å². The minimum Gasteiger partial charge on any atom is -0.379 e. The summed E-state index contributed by atoms with van der Waals surface area (Å²) in [4.78, 5) is 28.8. The fourth-order valence-corrected chi connectivity index (χ4v) is 6.21. The van der Waals surface area contributed by atoms with Gasteiger partial charge in [0.1, 0.15) is 0 Å². The molecule has 0 saturated carbocycles. The highest BCUT2D eigenvalue weighted by atomic mass is 32.2. The van der Waals surface area contributed by atoms with Crippen molar-refractivity contribution in [2.24, 2.45) is 0 Å². The van der Waals surface area contributed by atoms with E-state index < -0.39 is 10.2 Å². The van der Waals surface area contributed by atoms with Crippen LogP contribution in [0.2, 0.25) is 0 Å². The standard InChI is InChI=1S/C21H30N4O5S/c1-17(26)25-7-6-18-4-2-3-5-19(18)20(25)16-21(27)22-8-10-23(11-9-22)31(28,29)24-12-14-30-15-13-24/h2-5,20H,6-16H2,1H3. The summed E-state index contributed by atoms with van der Waals surface area (Å²) >= 11 is 0. The molecule has 10 heteroatoms. The quantitative estimate of drug-likeness (QED) is 0.656. The molecule has 3 heterocycles. The summed E-state index contributed by atoms with van der Waals surface area (Å²) in [5.74, 6) is -0.0786. The van der Waals surface area contributed by atoms with Crippen LogP contribution in [0.1, 0.15) is 30.5 Å². The fourth-order valence-electron chi connectivity index (χ4n) is 4.65. The highest BCUT2D eigenvalue weighted by Crippen LogP contribution is 2.33. The monoisotopic (exact) mass is 450 g/mol. The van der Waals surface area contributed by atoms with E-state index in [9.17, 15) is 18.0 Å². The number of benzene rings is 1. The van der Waals surface area contributed by atoms with Crippen LogP contribution in [0.3, 0.4) is 0 Å². The Balaban J connectivity index is 1.40. The second-order valence-electron chi connectivity index (χ2n) is 8.18. The molecule has 0 N–H and O–H groups in total. The van der Waals surface area contributed by atoms with Crippen LogP contribution in [0, 0.1) is 0 Å². The lowest BCUT2D eigenvalue weighted by molar-refractivity contribution is -0.137. The highest BCUT2D eigenvalue weighted by Gasteiger charge is 2.36. The molecule has 2 saturated heterocycles. The molecule has 0 radical (unpaired) electrons. The van der Waals surface area contributed by atoms with Gasteiger partial charge in [-0.2, -0.15) is 17.0 Å². The van der Waals surface area contributed by atoms with Crippen LogP contribution >= 0.6 is 0 Å². The molecule has 1 aromatic rings. The summed E-state index contributed by atoms with van der Waals surface area (Å²) < 4.78 is 33.8. The predicted molar refractivity (Wildman–Crippen MR) is 114 cm³/mol. The van der Waals surface area contributed by atoms with E-state index in [1.54, 1.807) is 16.7 Å². The lowest BCUT2D eigenvalue weighted by Gasteiger charge is -2.40. The van der Waals surface area contributed by atoms with Crippen molar-refractivity contribution in [3.05, 3.63) is 35.4 Å². The number of ether oxygens (including phenoxy) is 1. The van der Waals surface area contributed by atoms with Gasteiger partial charge in [0.05, 0.1) is 25.7 Å². The van der Waals surface area contributed by atoms with Crippen LogP contribution in [0.15, 0.2) is 24.3 Å². The smallest absolute Gasteiger partial charge is 0.282 e. The Morgan fingerprint density at radius 3 is 2.29 bits per heavy atom. The number of carbonyl (C=O) groups excluding carboxylic acids is 2. The minimum atomic E-state index is -3.53. The molecule has 0 spiro atoms. The molecule has 31 heavy (non-hydrogen) atoms. The second-order valence-corrected chi connectivity index (χ2v) is 10.1. The fraction of sp³-hybridized carbons (Fsp3) is 0.619. The third kappa shape index (κ3) is 4.62. The van der Waals surface area contributed by atoms with Gasteiger partial charge in [-0.1, -0.05) is 24.3 Å². The number of rotatable bonds is 4. The van der Waals surface area contributed by atoms with E-state index in [0.717, 1.165) is 12.0 Å². The molecule has 0 aromatic heterocycles. The first-order valence-electron chi connectivity index (χ1n) is 10.8. The Bertz CT molecular complexity index is 923. The van der Waals surface area contributed by atoms with Gasteiger partial charge in [0.15, 0.2) is 0 Å². The summed E-state index contributed by atoms with van der Waals surface area (Å²) in [6.07, 6.45) is 1.01. The van der Waals surface area contributed by atoms with Crippen molar-refractivity contribution in [2.45, 2.75) is 25.8 Å². The molecule has 1 unspecified atom stereocenters. The largest absolute Gasteiger partial charge is 0.379 e. The zero-order valence-corrected chi connectivity index (χ0v) is 18.7. The first-order valence-corrected chi connectivity index (χ1v) is 12.2. The number of nitrogens with zero attached hydrogens (tertiary/aromatic N) is 4. The molecule has 3 aliphatic heterocycles. The first kappa shape index (κ1) is 22.2. The van der Waals surface area contributed by atoms with Crippen LogP contribution in [0.5, 0.6) is 0 Å². The topological polar surface area (TPSA) is 90.5 Å². The molecular weight excluding hydrogens is 420 g/mol. The van der Waals surface area contributed by atoms with E-state index in [4.69, 9.17) is 4.74 Å².